The molecule has 3 nitrogen and oxygen atoms in total. The lowest BCUT2D eigenvalue weighted by molar-refractivity contribution is 0.957. The van der Waals surface area contributed by atoms with Crippen molar-refractivity contribution >= 4 is 12.6 Å². The van der Waals surface area contributed by atoms with Gasteiger partial charge in [-0.05, 0) is 6.92 Å². The first-order valence-electron chi connectivity index (χ1n) is 2.64. The Labute approximate surface area is 48.5 Å². The molecule has 0 aliphatic carbocycles. The minimum Gasteiger partial charge on any atom is -0.357 e. The largest absolute Gasteiger partial charge is 0.357 e. The van der Waals surface area contributed by atoms with Crippen molar-refractivity contribution in [3.8, 4) is 0 Å². The number of hydrogen-bond donors (Lipinski definition) is 1. The van der Waals surface area contributed by atoms with Crippen LogP contribution >= 0.6 is 0 Å². The Kier molecular flexibility index (Phi) is 1.62. The first-order valence-corrected chi connectivity index (χ1v) is 2.64. The molecular weight excluding hydrogens is 102 g/mol. The van der Waals surface area contributed by atoms with E-state index in [2.05, 4.69) is 15.3 Å². The van der Waals surface area contributed by atoms with E-state index >= 15 is 0 Å². The summed E-state index contributed by atoms with van der Waals surface area (Å²) in [5, 5.41) is 2.89. The highest BCUT2D eigenvalue weighted by molar-refractivity contribution is 5.69. The normalized spacial score (nSPS) is 26.9. The Morgan fingerprint density at radius 2 is 2.62 bits per heavy atom. The van der Waals surface area contributed by atoms with Crippen molar-refractivity contribution in [3.05, 3.63) is 0 Å². The van der Waals surface area contributed by atoms with E-state index in [0.29, 0.717) is 6.67 Å². The summed E-state index contributed by atoms with van der Waals surface area (Å²) < 4.78 is 0. The molecule has 1 heterocycles. The molecule has 0 spiro atoms. The summed E-state index contributed by atoms with van der Waals surface area (Å²) in [5.41, 5.74) is 0. The summed E-state index contributed by atoms with van der Waals surface area (Å²) in [6.07, 6.45) is 3.52. The van der Waals surface area contributed by atoms with Gasteiger partial charge in [-0.2, -0.15) is 0 Å². The van der Waals surface area contributed by atoms with Crippen LogP contribution in [0, 0.1) is 0 Å². The summed E-state index contributed by atoms with van der Waals surface area (Å²) in [4.78, 5) is 8.03. The number of rotatable bonds is 0. The summed E-state index contributed by atoms with van der Waals surface area (Å²) in [7, 11) is 0. The van der Waals surface area contributed by atoms with Crippen LogP contribution in [0.2, 0.25) is 0 Å². The van der Waals surface area contributed by atoms with Gasteiger partial charge in [-0.3, -0.25) is 9.98 Å². The first-order chi connectivity index (χ1) is 3.89. The van der Waals surface area contributed by atoms with E-state index in [-0.39, 0.29) is 6.04 Å². The minimum atomic E-state index is 0.241. The standard InChI is InChI=1S/C5H9N3/c1-5-2-6-3-7-4-8-5/h2,4-5H,3H2,1H3,(H,7,8). The first kappa shape index (κ1) is 5.28. The second kappa shape index (κ2) is 2.45. The van der Waals surface area contributed by atoms with Crippen molar-refractivity contribution in [1.29, 1.82) is 0 Å². The molecule has 1 aliphatic rings. The average molecular weight is 111 g/mol. The van der Waals surface area contributed by atoms with Gasteiger partial charge < -0.3 is 5.32 Å². The molecule has 3 heteroatoms. The van der Waals surface area contributed by atoms with Crippen LogP contribution in [-0.4, -0.2) is 25.3 Å². The number of nitrogens with zero attached hydrogens (tertiary/aromatic N) is 2. The summed E-state index contributed by atoms with van der Waals surface area (Å²) in [6.45, 7) is 2.65. The molecular formula is C5H9N3. The summed E-state index contributed by atoms with van der Waals surface area (Å²) in [6, 6.07) is 0.241. The van der Waals surface area contributed by atoms with Gasteiger partial charge >= 0.3 is 0 Å². The molecule has 0 aromatic heterocycles. The molecule has 1 rings (SSSR count). The lowest BCUT2D eigenvalue weighted by Gasteiger charge is -1.89. The number of hydrogen-bond acceptors (Lipinski definition) is 3. The smallest absolute Gasteiger partial charge is 0.108 e. The third-order valence-electron chi connectivity index (χ3n) is 0.905. The van der Waals surface area contributed by atoms with E-state index in [4.69, 9.17) is 0 Å². The fourth-order valence-corrected chi connectivity index (χ4v) is 0.508. The maximum absolute atomic E-state index is 4.04. The third kappa shape index (κ3) is 1.33. The molecule has 0 saturated carbocycles. The van der Waals surface area contributed by atoms with Gasteiger partial charge in [-0.25, -0.2) is 0 Å². The third-order valence-corrected chi connectivity index (χ3v) is 0.905. The molecule has 1 unspecified atom stereocenters. The number of aliphatic imine (C=N–C) groups is 2. The predicted molar refractivity (Wildman–Crippen MR) is 34.4 cm³/mol. The van der Waals surface area contributed by atoms with E-state index in [9.17, 15) is 0 Å². The van der Waals surface area contributed by atoms with Crippen molar-refractivity contribution in [1.82, 2.24) is 5.32 Å². The fourth-order valence-electron chi connectivity index (χ4n) is 0.508. The van der Waals surface area contributed by atoms with Gasteiger partial charge in [0.25, 0.3) is 0 Å². The lowest BCUT2D eigenvalue weighted by atomic mass is 10.4. The van der Waals surface area contributed by atoms with Crippen LogP contribution in [0.15, 0.2) is 9.98 Å². The van der Waals surface area contributed by atoms with Crippen LogP contribution in [0.25, 0.3) is 0 Å². The Bertz CT molecular complexity index is 103. The van der Waals surface area contributed by atoms with Crippen LogP contribution in [0.3, 0.4) is 0 Å². The van der Waals surface area contributed by atoms with Gasteiger partial charge in [0.15, 0.2) is 0 Å². The maximum atomic E-state index is 4.04. The van der Waals surface area contributed by atoms with Crippen LogP contribution in [-0.2, 0) is 0 Å². The summed E-state index contributed by atoms with van der Waals surface area (Å²) in [5.74, 6) is 0. The van der Waals surface area contributed by atoms with Crippen LogP contribution in [0.1, 0.15) is 6.92 Å². The highest BCUT2D eigenvalue weighted by atomic mass is 15.1. The van der Waals surface area contributed by atoms with Crippen LogP contribution in [0.5, 0.6) is 0 Å². The van der Waals surface area contributed by atoms with Gasteiger partial charge in [-0.15, -0.1) is 0 Å². The van der Waals surface area contributed by atoms with Crippen LogP contribution < -0.4 is 5.32 Å². The topological polar surface area (TPSA) is 36.8 Å². The van der Waals surface area contributed by atoms with Crippen molar-refractivity contribution in [2.24, 2.45) is 9.98 Å². The monoisotopic (exact) mass is 111 g/mol. The minimum absolute atomic E-state index is 0.241. The maximum Gasteiger partial charge on any atom is 0.108 e. The Morgan fingerprint density at radius 3 is 3.50 bits per heavy atom. The van der Waals surface area contributed by atoms with Gasteiger partial charge in [-0.1, -0.05) is 0 Å². The van der Waals surface area contributed by atoms with Crippen molar-refractivity contribution < 1.29 is 0 Å². The van der Waals surface area contributed by atoms with Gasteiger partial charge in [0.05, 0.1) is 12.4 Å². The molecule has 8 heavy (non-hydrogen) atoms. The molecule has 44 valence electrons. The van der Waals surface area contributed by atoms with E-state index < -0.39 is 0 Å². The molecule has 0 fully saturated rings. The molecule has 0 aromatic rings. The van der Waals surface area contributed by atoms with E-state index in [1.807, 2.05) is 13.1 Å². The molecule has 0 bridgehead atoms. The second-order valence-corrected chi connectivity index (χ2v) is 1.71. The highest BCUT2D eigenvalue weighted by Crippen LogP contribution is 1.84. The van der Waals surface area contributed by atoms with E-state index in [1.54, 1.807) is 6.34 Å². The zero-order valence-corrected chi connectivity index (χ0v) is 4.83. The molecule has 0 radical (unpaired) electrons. The molecule has 0 saturated heterocycles. The van der Waals surface area contributed by atoms with E-state index in [1.165, 1.54) is 0 Å². The fraction of sp³-hybridized carbons (Fsp3) is 0.600. The molecule has 1 atom stereocenters. The Hall–Kier alpha value is -0.860. The highest BCUT2D eigenvalue weighted by Gasteiger charge is 1.91. The molecule has 0 amide bonds. The van der Waals surface area contributed by atoms with Crippen molar-refractivity contribution in [3.63, 3.8) is 0 Å². The Morgan fingerprint density at radius 1 is 1.75 bits per heavy atom. The van der Waals surface area contributed by atoms with Crippen molar-refractivity contribution in [2.75, 3.05) is 6.67 Å². The van der Waals surface area contributed by atoms with Crippen molar-refractivity contribution in [2.45, 2.75) is 13.0 Å². The quantitative estimate of drug-likeness (QED) is 0.470. The summed E-state index contributed by atoms with van der Waals surface area (Å²) >= 11 is 0. The van der Waals surface area contributed by atoms with Crippen LogP contribution in [0.4, 0.5) is 0 Å². The molecule has 1 aliphatic heterocycles. The average Bonchev–Trinajstić information content (AvgIpc) is 1.94. The Balaban J connectivity index is 2.51. The zero-order chi connectivity index (χ0) is 5.82. The second-order valence-electron chi connectivity index (χ2n) is 1.71. The number of nitrogens with one attached hydrogen (secondary N) is 1. The van der Waals surface area contributed by atoms with Gasteiger partial charge in [0.1, 0.15) is 6.67 Å². The molecule has 1 N–H and O–H groups in total. The van der Waals surface area contributed by atoms with E-state index in [0.717, 1.165) is 0 Å². The van der Waals surface area contributed by atoms with Gasteiger partial charge in [0.2, 0.25) is 0 Å². The van der Waals surface area contributed by atoms with Gasteiger partial charge in [0, 0.05) is 6.21 Å². The molecule has 0 aromatic carbocycles. The zero-order valence-electron chi connectivity index (χ0n) is 4.83. The predicted octanol–water partition coefficient (Wildman–Crippen LogP) is 0.0347. The lowest BCUT2D eigenvalue weighted by Crippen LogP contribution is -2.08. The SMILES string of the molecule is CC1C=NCNC=N1.